The highest BCUT2D eigenvalue weighted by atomic mass is 32.2. The number of hydrogen-bond acceptors (Lipinski definition) is 3. The molecule has 0 heterocycles. The third-order valence-electron chi connectivity index (χ3n) is 1.73. The number of aliphatic imine (C=N–C) groups is 1. The fourth-order valence-electron chi connectivity index (χ4n) is 1.03. The molecule has 80 valence electrons. The highest BCUT2D eigenvalue weighted by Crippen LogP contribution is 2.01. The number of hydrogen-bond donors (Lipinski definition) is 0. The second-order valence-corrected chi connectivity index (χ2v) is 4.77. The molecule has 14 heavy (non-hydrogen) atoms. The van der Waals surface area contributed by atoms with E-state index in [1.807, 2.05) is 6.08 Å². The van der Waals surface area contributed by atoms with Crippen LogP contribution in [0.4, 0.5) is 0 Å². The van der Waals surface area contributed by atoms with Gasteiger partial charge in [-0.2, -0.15) is 0 Å². The van der Waals surface area contributed by atoms with Crippen LogP contribution >= 0.6 is 12.2 Å². The van der Waals surface area contributed by atoms with Crippen LogP contribution in [0.1, 0.15) is 25.7 Å². The topological polar surface area (TPSA) is 29.4 Å². The van der Waals surface area contributed by atoms with E-state index in [4.69, 9.17) is 0 Å². The third-order valence-corrected chi connectivity index (χ3v) is 2.72. The minimum Gasteiger partial charge on any atom is -0.260 e. The van der Waals surface area contributed by atoms with Crippen LogP contribution in [0, 0.1) is 0 Å². The Hall–Kier alpha value is -0.310. The predicted molar refractivity (Wildman–Crippen MR) is 66.4 cm³/mol. The van der Waals surface area contributed by atoms with Gasteiger partial charge in [0.2, 0.25) is 0 Å². The Morgan fingerprint density at radius 3 is 2.79 bits per heavy atom. The summed E-state index contributed by atoms with van der Waals surface area (Å²) in [4.78, 5) is 3.77. The zero-order valence-electron chi connectivity index (χ0n) is 8.57. The first-order valence-corrected chi connectivity index (χ1v) is 6.89. The Morgan fingerprint density at radius 2 is 2.14 bits per heavy atom. The number of thiocarbonyl (C=S) groups is 1. The molecule has 0 spiro atoms. The molecule has 0 aromatic heterocycles. The van der Waals surface area contributed by atoms with Crippen molar-refractivity contribution in [1.29, 1.82) is 0 Å². The van der Waals surface area contributed by atoms with E-state index in [1.54, 1.807) is 6.26 Å². The van der Waals surface area contributed by atoms with Crippen LogP contribution in [0.25, 0.3) is 0 Å². The first-order chi connectivity index (χ1) is 6.77. The lowest BCUT2D eigenvalue weighted by atomic mass is 10.2. The third kappa shape index (κ3) is 11.7. The Morgan fingerprint density at radius 1 is 1.36 bits per heavy atom. The minimum absolute atomic E-state index is 0.630. The molecule has 0 aliphatic carbocycles. The normalized spacial score (nSPS) is 12.6. The molecular formula is C10H17NOS2. The molecule has 0 N–H and O–H groups in total. The molecule has 0 bridgehead atoms. The van der Waals surface area contributed by atoms with Crippen LogP contribution in [0.2, 0.25) is 0 Å². The molecule has 0 aliphatic heterocycles. The van der Waals surface area contributed by atoms with Gasteiger partial charge in [-0.15, -0.1) is 0 Å². The second kappa shape index (κ2) is 10.8. The molecule has 0 saturated heterocycles. The molecule has 4 heteroatoms. The zero-order chi connectivity index (χ0) is 10.6. The van der Waals surface area contributed by atoms with Crippen LogP contribution in [0.5, 0.6) is 0 Å². The van der Waals surface area contributed by atoms with Crippen LogP contribution < -0.4 is 0 Å². The maximum Gasteiger partial charge on any atom is 0.0673 e. The van der Waals surface area contributed by atoms with Gasteiger partial charge < -0.3 is 0 Å². The van der Waals surface area contributed by atoms with Crippen molar-refractivity contribution in [2.75, 3.05) is 18.6 Å². The van der Waals surface area contributed by atoms with Crippen molar-refractivity contribution >= 4 is 28.2 Å². The summed E-state index contributed by atoms with van der Waals surface area (Å²) >= 11 is 4.43. The average molecular weight is 231 g/mol. The number of rotatable bonds is 8. The number of allylic oxidation sites excluding steroid dienone is 1. The van der Waals surface area contributed by atoms with Gasteiger partial charge in [0.05, 0.1) is 11.7 Å². The first-order valence-electron chi connectivity index (χ1n) is 4.76. The molecule has 0 aromatic rings. The highest BCUT2D eigenvalue weighted by molar-refractivity contribution is 7.84. The van der Waals surface area contributed by atoms with Gasteiger partial charge in [0.1, 0.15) is 0 Å². The molecule has 2 nitrogen and oxygen atoms in total. The number of isothiocyanates is 1. The summed E-state index contributed by atoms with van der Waals surface area (Å²) in [6.45, 7) is 0.641. The number of unbranched alkanes of at least 4 members (excludes halogenated alkanes) is 3. The smallest absolute Gasteiger partial charge is 0.0673 e. The van der Waals surface area contributed by atoms with Crippen LogP contribution in [-0.4, -0.2) is 27.9 Å². The van der Waals surface area contributed by atoms with Gasteiger partial charge in [0.15, 0.2) is 0 Å². The summed E-state index contributed by atoms with van der Waals surface area (Å²) in [6.07, 6.45) is 10.3. The van der Waals surface area contributed by atoms with E-state index < -0.39 is 10.8 Å². The summed E-state index contributed by atoms with van der Waals surface area (Å²) < 4.78 is 10.7. The lowest BCUT2D eigenvalue weighted by Gasteiger charge is -1.95. The lowest BCUT2D eigenvalue weighted by molar-refractivity contribution is 0.676. The summed E-state index contributed by atoms with van der Waals surface area (Å²) in [7, 11) is -0.630. The van der Waals surface area contributed by atoms with E-state index in [-0.39, 0.29) is 0 Å². The number of nitrogens with zero attached hydrogens (tertiary/aromatic N) is 1. The second-order valence-electron chi connectivity index (χ2n) is 3.03. The zero-order valence-corrected chi connectivity index (χ0v) is 10.2. The van der Waals surface area contributed by atoms with Crippen LogP contribution in [0.3, 0.4) is 0 Å². The highest BCUT2D eigenvalue weighted by Gasteiger charge is 1.90. The van der Waals surface area contributed by atoms with Crippen LogP contribution in [0.15, 0.2) is 17.1 Å². The van der Waals surface area contributed by atoms with Crippen molar-refractivity contribution in [2.45, 2.75) is 25.7 Å². The largest absolute Gasteiger partial charge is 0.260 e. The first kappa shape index (κ1) is 13.7. The lowest BCUT2D eigenvalue weighted by Crippen LogP contribution is -1.93. The SMILES string of the molecule is CS(=O)CCCCC/C=C/CN=C=S. The molecule has 1 unspecified atom stereocenters. The molecule has 0 saturated carbocycles. The maximum absolute atomic E-state index is 10.7. The van der Waals surface area contributed by atoms with E-state index >= 15 is 0 Å². The van der Waals surface area contributed by atoms with Gasteiger partial charge in [0, 0.05) is 22.8 Å². The van der Waals surface area contributed by atoms with E-state index in [0.29, 0.717) is 6.54 Å². The van der Waals surface area contributed by atoms with Gasteiger partial charge >= 0.3 is 0 Å². The Bertz CT molecular complexity index is 232. The van der Waals surface area contributed by atoms with Crippen molar-refractivity contribution in [1.82, 2.24) is 0 Å². The fraction of sp³-hybridized carbons (Fsp3) is 0.700. The minimum atomic E-state index is -0.630. The van der Waals surface area contributed by atoms with E-state index in [1.165, 1.54) is 0 Å². The van der Waals surface area contributed by atoms with Gasteiger partial charge in [-0.3, -0.25) is 4.21 Å². The van der Waals surface area contributed by atoms with E-state index in [2.05, 4.69) is 28.4 Å². The molecule has 1 atom stereocenters. The standard InChI is InChI=1S/C10H17NOS2/c1-14(12)9-7-5-3-2-4-6-8-11-10-13/h4,6H,2-3,5,7-9H2,1H3/b6-4+. The molecule has 0 aromatic carbocycles. The Balaban J connectivity index is 3.16. The Labute approximate surface area is 94.0 Å². The quantitative estimate of drug-likeness (QED) is 0.278. The monoisotopic (exact) mass is 231 g/mol. The summed E-state index contributed by atoms with van der Waals surface area (Å²) in [5.41, 5.74) is 0. The van der Waals surface area contributed by atoms with Crippen molar-refractivity contribution in [3.63, 3.8) is 0 Å². The van der Waals surface area contributed by atoms with Crippen molar-refractivity contribution < 1.29 is 4.21 Å². The molecule has 0 aliphatic rings. The van der Waals surface area contributed by atoms with Gasteiger partial charge in [0.25, 0.3) is 0 Å². The van der Waals surface area contributed by atoms with E-state index in [0.717, 1.165) is 31.4 Å². The predicted octanol–water partition coefficient (Wildman–Crippen LogP) is 2.58. The van der Waals surface area contributed by atoms with E-state index in [9.17, 15) is 4.21 Å². The summed E-state index contributed by atoms with van der Waals surface area (Å²) in [6, 6.07) is 0. The fourth-order valence-corrected chi connectivity index (χ4v) is 1.71. The Kier molecular flexibility index (Phi) is 10.5. The maximum atomic E-state index is 10.7. The van der Waals surface area contributed by atoms with Gasteiger partial charge in [-0.05, 0) is 31.5 Å². The molecule has 0 amide bonds. The average Bonchev–Trinajstić information content (AvgIpc) is 2.15. The molecule has 0 fully saturated rings. The summed E-state index contributed by atoms with van der Waals surface area (Å²) in [5, 5.41) is 2.31. The van der Waals surface area contributed by atoms with Crippen molar-refractivity contribution in [3.05, 3.63) is 12.2 Å². The van der Waals surface area contributed by atoms with Crippen molar-refractivity contribution in [2.24, 2.45) is 4.99 Å². The van der Waals surface area contributed by atoms with Gasteiger partial charge in [-0.1, -0.05) is 18.6 Å². The van der Waals surface area contributed by atoms with Crippen LogP contribution in [-0.2, 0) is 10.8 Å². The molecule has 0 rings (SSSR count). The van der Waals surface area contributed by atoms with Crippen molar-refractivity contribution in [3.8, 4) is 0 Å². The summed E-state index contributed by atoms with van der Waals surface area (Å²) in [5.74, 6) is 0.832. The molecular weight excluding hydrogens is 214 g/mol. The molecule has 0 radical (unpaired) electrons. The van der Waals surface area contributed by atoms with Gasteiger partial charge in [-0.25, -0.2) is 4.99 Å².